The first-order valence-electron chi connectivity index (χ1n) is 5.77. The summed E-state index contributed by atoms with van der Waals surface area (Å²) in [6.07, 6.45) is -5.00. The van der Waals surface area contributed by atoms with E-state index >= 15 is 0 Å². The van der Waals surface area contributed by atoms with Crippen molar-refractivity contribution in [3.05, 3.63) is 28.8 Å². The third-order valence-corrected chi connectivity index (χ3v) is 4.03. The van der Waals surface area contributed by atoms with Gasteiger partial charge in [-0.15, -0.1) is 11.8 Å². The molecule has 1 aromatic carbocycles. The number of thioether (sulfide) groups is 1. The van der Waals surface area contributed by atoms with E-state index in [1.54, 1.807) is 23.9 Å². The quantitative estimate of drug-likeness (QED) is 0.887. The first kappa shape index (κ1) is 15.3. The van der Waals surface area contributed by atoms with Gasteiger partial charge in [-0.1, -0.05) is 11.6 Å². The van der Waals surface area contributed by atoms with Crippen LogP contribution in [0.4, 0.5) is 18.0 Å². The molecule has 2 rings (SSSR count). The van der Waals surface area contributed by atoms with Gasteiger partial charge in [0.2, 0.25) is 0 Å². The summed E-state index contributed by atoms with van der Waals surface area (Å²) in [5, 5.41) is 2.96. The van der Waals surface area contributed by atoms with Crippen LogP contribution >= 0.6 is 23.4 Å². The third-order valence-electron chi connectivity index (χ3n) is 2.67. The number of rotatable bonds is 2. The molecule has 1 N–H and O–H groups in total. The van der Waals surface area contributed by atoms with Gasteiger partial charge in [-0.25, -0.2) is 4.79 Å². The summed E-state index contributed by atoms with van der Waals surface area (Å²) in [7, 11) is 0. The molecule has 1 heterocycles. The minimum absolute atomic E-state index is 0.384. The predicted octanol–water partition coefficient (Wildman–Crippen LogP) is 4.17. The highest BCUT2D eigenvalue weighted by atomic mass is 35.5. The van der Waals surface area contributed by atoms with Crippen LogP contribution in [0.3, 0.4) is 0 Å². The number of hydrogen-bond donors (Lipinski definition) is 1. The molecule has 1 aliphatic heterocycles. The largest absolute Gasteiger partial charge is 0.440 e. The first-order valence-corrected chi connectivity index (χ1v) is 7.14. The van der Waals surface area contributed by atoms with Gasteiger partial charge in [-0.2, -0.15) is 13.2 Å². The highest BCUT2D eigenvalue weighted by Gasteiger charge is 2.30. The van der Waals surface area contributed by atoms with Gasteiger partial charge in [0.05, 0.1) is 6.04 Å². The van der Waals surface area contributed by atoms with E-state index in [-0.39, 0.29) is 6.04 Å². The number of alkyl halides is 3. The Morgan fingerprint density at radius 2 is 2.25 bits per heavy atom. The van der Waals surface area contributed by atoms with E-state index in [0.717, 1.165) is 16.2 Å². The van der Waals surface area contributed by atoms with E-state index in [0.29, 0.717) is 11.4 Å². The summed E-state index contributed by atoms with van der Waals surface area (Å²) >= 11 is 7.51. The number of nitrogens with one attached hydrogen (secondary N) is 1. The first-order chi connectivity index (χ1) is 9.35. The zero-order valence-corrected chi connectivity index (χ0v) is 11.7. The maximum atomic E-state index is 12.0. The van der Waals surface area contributed by atoms with Crippen molar-refractivity contribution in [1.29, 1.82) is 0 Å². The number of ether oxygens (including phenoxy) is 1. The molecule has 8 heteroatoms. The molecule has 1 aliphatic rings. The molecule has 0 fully saturated rings. The number of fused-ring (bicyclic) bond motifs is 1. The Bertz CT molecular complexity index is 510. The molecule has 1 amide bonds. The van der Waals surface area contributed by atoms with Crippen molar-refractivity contribution in [3.63, 3.8) is 0 Å². The number of halogens is 4. The van der Waals surface area contributed by atoms with Gasteiger partial charge in [0.15, 0.2) is 6.61 Å². The van der Waals surface area contributed by atoms with Crippen LogP contribution < -0.4 is 5.32 Å². The fourth-order valence-electron chi connectivity index (χ4n) is 1.85. The number of hydrogen-bond acceptors (Lipinski definition) is 3. The summed E-state index contributed by atoms with van der Waals surface area (Å²) in [4.78, 5) is 12.3. The number of carbonyl (C=O) groups excluding carboxylic acids is 1. The van der Waals surface area contributed by atoms with Crippen LogP contribution in [0.2, 0.25) is 5.02 Å². The Balaban J connectivity index is 2.01. The van der Waals surface area contributed by atoms with Gasteiger partial charge < -0.3 is 10.1 Å². The molecule has 20 heavy (non-hydrogen) atoms. The van der Waals surface area contributed by atoms with E-state index in [1.165, 1.54) is 0 Å². The van der Waals surface area contributed by atoms with Crippen LogP contribution in [-0.2, 0) is 4.74 Å². The van der Waals surface area contributed by atoms with Gasteiger partial charge in [0.25, 0.3) is 0 Å². The van der Waals surface area contributed by atoms with Crippen molar-refractivity contribution in [3.8, 4) is 0 Å². The number of carbonyl (C=O) groups is 1. The maximum absolute atomic E-state index is 12.0. The number of amides is 1. The molecule has 1 atom stereocenters. The van der Waals surface area contributed by atoms with Crippen LogP contribution in [0.1, 0.15) is 18.0 Å². The lowest BCUT2D eigenvalue weighted by molar-refractivity contribution is -0.160. The highest BCUT2D eigenvalue weighted by Crippen LogP contribution is 2.37. The molecular weight excluding hydrogens is 315 g/mol. The normalized spacial score (nSPS) is 18.3. The minimum atomic E-state index is -4.53. The molecule has 1 aromatic rings. The molecule has 0 saturated carbocycles. The highest BCUT2D eigenvalue weighted by molar-refractivity contribution is 7.99. The van der Waals surface area contributed by atoms with Crippen LogP contribution in [-0.4, -0.2) is 24.6 Å². The van der Waals surface area contributed by atoms with Crippen molar-refractivity contribution in [2.45, 2.75) is 23.5 Å². The lowest BCUT2D eigenvalue weighted by atomic mass is 10.0. The Labute approximate surface area is 122 Å². The Morgan fingerprint density at radius 1 is 1.50 bits per heavy atom. The molecule has 0 radical (unpaired) electrons. The smallest absolute Gasteiger partial charge is 0.422 e. The van der Waals surface area contributed by atoms with Crippen molar-refractivity contribution in [2.24, 2.45) is 0 Å². The summed E-state index contributed by atoms with van der Waals surface area (Å²) in [5.41, 5.74) is 0.803. The number of benzene rings is 1. The zero-order chi connectivity index (χ0) is 14.8. The van der Waals surface area contributed by atoms with Gasteiger partial charge in [0.1, 0.15) is 0 Å². The maximum Gasteiger partial charge on any atom is 0.422 e. The van der Waals surface area contributed by atoms with E-state index in [4.69, 9.17) is 11.6 Å². The standard InChI is InChI=1S/C12H11ClF3NO2S/c13-7-1-2-10-8(5-7)9(3-4-20-10)17-11(18)19-6-12(14,15)16/h1-2,5,9H,3-4,6H2,(H,17,18). The van der Waals surface area contributed by atoms with E-state index in [1.807, 2.05) is 6.07 Å². The van der Waals surface area contributed by atoms with Gasteiger partial charge in [-0.3, -0.25) is 0 Å². The second-order valence-corrected chi connectivity index (χ2v) is 5.78. The monoisotopic (exact) mass is 325 g/mol. The average Bonchev–Trinajstić information content (AvgIpc) is 2.36. The average molecular weight is 326 g/mol. The molecule has 3 nitrogen and oxygen atoms in total. The van der Waals surface area contributed by atoms with E-state index in [9.17, 15) is 18.0 Å². The third kappa shape index (κ3) is 4.21. The van der Waals surface area contributed by atoms with Crippen molar-refractivity contribution < 1.29 is 22.7 Å². The number of alkyl carbamates (subject to hydrolysis) is 1. The van der Waals surface area contributed by atoms with Crippen LogP contribution in [0.15, 0.2) is 23.1 Å². The van der Waals surface area contributed by atoms with Crippen LogP contribution in [0, 0.1) is 0 Å². The van der Waals surface area contributed by atoms with Crippen molar-refractivity contribution in [1.82, 2.24) is 5.32 Å². The molecule has 0 saturated heterocycles. The second-order valence-electron chi connectivity index (χ2n) is 4.21. The Kier molecular flexibility index (Phi) is 4.70. The van der Waals surface area contributed by atoms with E-state index in [2.05, 4.69) is 10.1 Å². The summed E-state index contributed by atoms with van der Waals surface area (Å²) < 4.78 is 40.0. The topological polar surface area (TPSA) is 38.3 Å². The fraction of sp³-hybridized carbons (Fsp3) is 0.417. The summed E-state index contributed by atoms with van der Waals surface area (Å²) in [5.74, 6) is 0.763. The van der Waals surface area contributed by atoms with Gasteiger partial charge in [0, 0.05) is 15.7 Å². The second kappa shape index (κ2) is 6.13. The minimum Gasteiger partial charge on any atom is -0.440 e. The van der Waals surface area contributed by atoms with E-state index < -0.39 is 18.9 Å². The summed E-state index contributed by atoms with van der Waals surface area (Å²) in [6.45, 7) is -1.59. The van der Waals surface area contributed by atoms with Crippen LogP contribution in [0.5, 0.6) is 0 Å². The molecular formula is C12H11ClF3NO2S. The molecule has 0 spiro atoms. The Morgan fingerprint density at radius 3 is 2.95 bits per heavy atom. The molecule has 0 bridgehead atoms. The van der Waals surface area contributed by atoms with Crippen molar-refractivity contribution in [2.75, 3.05) is 12.4 Å². The lowest BCUT2D eigenvalue weighted by Gasteiger charge is -2.25. The fourth-order valence-corrected chi connectivity index (χ4v) is 3.13. The lowest BCUT2D eigenvalue weighted by Crippen LogP contribution is -2.33. The Hall–Kier alpha value is -1.08. The van der Waals surface area contributed by atoms with Crippen molar-refractivity contribution >= 4 is 29.5 Å². The predicted molar refractivity (Wildman–Crippen MR) is 70.1 cm³/mol. The van der Waals surface area contributed by atoms with Crippen LogP contribution in [0.25, 0.3) is 0 Å². The van der Waals surface area contributed by atoms with Gasteiger partial charge >= 0.3 is 12.3 Å². The summed E-state index contributed by atoms with van der Waals surface area (Å²) in [6, 6.07) is 4.89. The molecule has 0 aromatic heterocycles. The van der Waals surface area contributed by atoms with Gasteiger partial charge in [-0.05, 0) is 30.2 Å². The zero-order valence-electron chi connectivity index (χ0n) is 10.2. The molecule has 110 valence electrons. The molecule has 1 unspecified atom stereocenters. The molecule has 0 aliphatic carbocycles. The SMILES string of the molecule is O=C(NC1CCSc2ccc(Cl)cc21)OCC(F)(F)F.